The van der Waals surface area contributed by atoms with Gasteiger partial charge in [0, 0.05) is 142 Å². The summed E-state index contributed by atoms with van der Waals surface area (Å²) in [6.45, 7) is 16.9. The molecule has 568 valence electrons. The number of ether oxygens (including phenoxy) is 4. The normalized spacial score (nSPS) is 15.6. The third-order valence-corrected chi connectivity index (χ3v) is 19.4. The SMILES string of the molecule is CCC(C)n1cnc2c(-c3cnc(N)nc3)nc(N3CCOCC3)nc21.Nc1ncc(-c2nc(N3CCOCC3)nc3c2ncn3CC2CC2)cn1.Nc1ncc(-c2nc(N3CCOCC3)nc3c2ncn3Cc2c(F)cccc2F)cn1.c1ccc(Cn2cnc3c(-c4cncnc4)nc(N4CCOCC4)nc32)cc1. The third kappa shape index (κ3) is 16.4. The number of nitrogens with zero attached hydrogens (tertiary/aromatic N) is 28. The summed E-state index contributed by atoms with van der Waals surface area (Å²) in [5, 5.41) is 0. The van der Waals surface area contributed by atoms with Crippen molar-refractivity contribution in [2.24, 2.45) is 5.92 Å². The third-order valence-electron chi connectivity index (χ3n) is 19.4. The molecule has 19 rings (SSSR count). The molecule has 5 fully saturated rings. The second kappa shape index (κ2) is 33.0. The highest BCUT2D eigenvalue weighted by molar-refractivity contribution is 5.91. The van der Waals surface area contributed by atoms with Crippen molar-refractivity contribution in [2.75, 3.05) is 142 Å². The lowest BCUT2D eigenvalue weighted by Crippen LogP contribution is -2.37. The Morgan fingerprint density at radius 1 is 0.405 bits per heavy atom. The fraction of sp³-hybridized carbons (Fsp3) is 0.351. The van der Waals surface area contributed by atoms with E-state index in [0.717, 1.165) is 125 Å². The van der Waals surface area contributed by atoms with Crippen LogP contribution in [0, 0.1) is 17.6 Å². The van der Waals surface area contributed by atoms with E-state index in [2.05, 4.69) is 119 Å². The molecule has 12 aromatic heterocycles. The van der Waals surface area contributed by atoms with Crippen LogP contribution in [0.25, 0.3) is 89.7 Å². The smallest absolute Gasteiger partial charge is 0.228 e. The molecule has 5 aliphatic rings. The number of nitrogen functional groups attached to an aromatic ring is 3. The zero-order valence-corrected chi connectivity index (χ0v) is 61.0. The van der Waals surface area contributed by atoms with E-state index in [1.807, 2.05) is 42.1 Å². The quantitative estimate of drug-likeness (QED) is 0.0877. The van der Waals surface area contributed by atoms with E-state index in [1.54, 1.807) is 54.1 Å². The molecule has 111 heavy (non-hydrogen) atoms. The first-order chi connectivity index (χ1) is 54.4. The van der Waals surface area contributed by atoms with E-state index in [1.165, 1.54) is 49.3 Å². The summed E-state index contributed by atoms with van der Waals surface area (Å²) < 4.78 is 58.2. The topological polar surface area (TPSA) is 405 Å². The summed E-state index contributed by atoms with van der Waals surface area (Å²) in [4.78, 5) is 97.7. The summed E-state index contributed by atoms with van der Waals surface area (Å²) >= 11 is 0. The summed E-state index contributed by atoms with van der Waals surface area (Å²) in [6, 6.07) is 14.4. The van der Waals surface area contributed by atoms with Crippen LogP contribution in [0.4, 0.5) is 50.4 Å². The molecule has 2 aromatic carbocycles. The Morgan fingerprint density at radius 2 is 0.757 bits per heavy atom. The molecule has 4 aliphatic heterocycles. The molecule has 4 saturated heterocycles. The van der Waals surface area contributed by atoms with Gasteiger partial charge in [-0.3, -0.25) is 0 Å². The van der Waals surface area contributed by atoms with Gasteiger partial charge in [0.2, 0.25) is 41.6 Å². The van der Waals surface area contributed by atoms with Crippen molar-refractivity contribution < 1.29 is 27.7 Å². The van der Waals surface area contributed by atoms with Crippen LogP contribution in [0.15, 0.2) is 130 Å². The number of anilines is 7. The zero-order valence-electron chi connectivity index (χ0n) is 61.0. The molecule has 1 saturated carbocycles. The maximum absolute atomic E-state index is 14.2. The summed E-state index contributed by atoms with van der Waals surface area (Å²) in [7, 11) is 0. The number of halogens is 2. The largest absolute Gasteiger partial charge is 0.378 e. The Labute approximate surface area is 633 Å². The molecule has 1 aliphatic carbocycles. The predicted molar refractivity (Wildman–Crippen MR) is 409 cm³/mol. The van der Waals surface area contributed by atoms with Gasteiger partial charge in [0.05, 0.1) is 91.3 Å². The number of benzene rings is 2. The van der Waals surface area contributed by atoms with Gasteiger partial charge < -0.3 is 74.0 Å². The van der Waals surface area contributed by atoms with Gasteiger partial charge in [-0.1, -0.05) is 43.3 Å². The van der Waals surface area contributed by atoms with E-state index in [4.69, 9.17) is 71.0 Å². The van der Waals surface area contributed by atoms with E-state index < -0.39 is 11.6 Å². The van der Waals surface area contributed by atoms with Gasteiger partial charge in [-0.2, -0.15) is 19.9 Å². The van der Waals surface area contributed by atoms with E-state index in [-0.39, 0.29) is 30.0 Å². The van der Waals surface area contributed by atoms with Crippen molar-refractivity contribution in [1.82, 2.24) is 118 Å². The monoisotopic (exact) mass is 1500 g/mol. The molecule has 14 aromatic rings. The Hall–Kier alpha value is -12.7. The van der Waals surface area contributed by atoms with Gasteiger partial charge in [0.25, 0.3) is 0 Å². The fourth-order valence-electron chi connectivity index (χ4n) is 13.0. The zero-order chi connectivity index (χ0) is 75.7. The van der Waals surface area contributed by atoms with Crippen LogP contribution in [0.1, 0.15) is 50.3 Å². The van der Waals surface area contributed by atoms with Crippen molar-refractivity contribution in [3.63, 3.8) is 0 Å². The van der Waals surface area contributed by atoms with E-state index in [0.29, 0.717) is 125 Å². The van der Waals surface area contributed by atoms with Crippen LogP contribution < -0.4 is 36.8 Å². The number of hydrogen-bond acceptors (Lipinski definition) is 31. The van der Waals surface area contributed by atoms with Gasteiger partial charge >= 0.3 is 0 Å². The van der Waals surface area contributed by atoms with Crippen LogP contribution in [0.5, 0.6) is 0 Å². The molecule has 6 N–H and O–H groups in total. The number of morpholine rings is 4. The predicted octanol–water partition coefficient (Wildman–Crippen LogP) is 6.98. The van der Waals surface area contributed by atoms with Gasteiger partial charge in [-0.25, -0.2) is 88.5 Å². The molecule has 35 nitrogen and oxygen atoms in total. The lowest BCUT2D eigenvalue weighted by molar-refractivity contribution is 0.122. The van der Waals surface area contributed by atoms with Gasteiger partial charge in [0.15, 0.2) is 22.6 Å². The van der Waals surface area contributed by atoms with E-state index >= 15 is 0 Å². The number of imidazole rings is 4. The van der Waals surface area contributed by atoms with Crippen molar-refractivity contribution in [1.29, 1.82) is 0 Å². The number of nitrogens with two attached hydrogens (primary N) is 3. The van der Waals surface area contributed by atoms with Crippen LogP contribution >= 0.6 is 0 Å². The number of aromatic nitrogens is 24. The van der Waals surface area contributed by atoms with Gasteiger partial charge in [0.1, 0.15) is 62.8 Å². The standard InChI is InChI=1S/C20H18F2N8O.C20H19N7O.C17H20N8O.C17H22N8O/c21-14-2-1-3-15(22)13(14)10-30-11-26-17-16(12-8-24-19(23)25-9-12)27-20(28-18(17)30)29-4-6-31-7-5-29;1-2-4-15(5-3-1)12-27-14-23-18-17(16-10-21-13-22-11-16)24-20(25-19(18)27)26-6-8-28-9-7-26;18-16-19-7-12(8-20-16)13-14-15(25(10-21-14)9-11-1-2-11)23-17(22-13)24-3-5-26-6-4-24;1-3-11(2)25-10-21-14-13(12-8-19-16(18)20-9-12)22-17(23-15(14)25)24-4-6-26-7-5-24/h1-3,8-9,11H,4-7,10H2,(H2,23,24,25);1-5,10-11,13-14H,6-9,12H2;7-8,10-11H,1-6,9H2,(H2,18,19,20);8-11H,3-7H2,1-2H3,(H2,18,19,20). The van der Waals surface area contributed by atoms with Crippen molar-refractivity contribution in [3.05, 3.63) is 153 Å². The molecule has 0 bridgehead atoms. The molecular formula is C74H79F2N31O4. The molecule has 0 radical (unpaired) electrons. The van der Waals surface area contributed by atoms with Crippen LogP contribution in [0.3, 0.4) is 0 Å². The minimum absolute atomic E-state index is 0.0632. The van der Waals surface area contributed by atoms with Crippen LogP contribution in [-0.4, -0.2) is 223 Å². The molecule has 37 heteroatoms. The molecular weight excluding hydrogens is 1430 g/mol. The number of rotatable bonds is 16. The van der Waals surface area contributed by atoms with Crippen LogP contribution in [0.2, 0.25) is 0 Å². The van der Waals surface area contributed by atoms with Gasteiger partial charge in [-0.05, 0) is 49.8 Å². The maximum Gasteiger partial charge on any atom is 0.228 e. The Balaban J connectivity index is 0.000000112. The Morgan fingerprint density at radius 3 is 1.15 bits per heavy atom. The van der Waals surface area contributed by atoms with Crippen molar-refractivity contribution >= 4 is 86.3 Å². The van der Waals surface area contributed by atoms with Crippen molar-refractivity contribution in [3.8, 4) is 45.0 Å². The minimum atomic E-state index is -0.628. The molecule has 1 atom stereocenters. The lowest BCUT2D eigenvalue weighted by atomic mass is 10.2. The molecule has 16 heterocycles. The second-order valence-corrected chi connectivity index (χ2v) is 26.9. The highest BCUT2D eigenvalue weighted by Gasteiger charge is 2.29. The fourth-order valence-corrected chi connectivity index (χ4v) is 13.0. The minimum Gasteiger partial charge on any atom is -0.378 e. The molecule has 1 unspecified atom stereocenters. The first kappa shape index (κ1) is 72.5. The second-order valence-electron chi connectivity index (χ2n) is 26.9. The van der Waals surface area contributed by atoms with Crippen LogP contribution in [-0.2, 0) is 38.6 Å². The number of fused-ring (bicyclic) bond motifs is 4. The first-order valence-electron chi connectivity index (χ1n) is 36.6. The number of hydrogen-bond donors (Lipinski definition) is 3. The molecule has 0 spiro atoms. The van der Waals surface area contributed by atoms with Crippen molar-refractivity contribution in [2.45, 2.75) is 58.8 Å². The summed E-state index contributed by atoms with van der Waals surface area (Å²) in [5.74, 6) is 2.63. The molecule has 0 amide bonds. The summed E-state index contributed by atoms with van der Waals surface area (Å²) in [6.07, 6.45) is 25.4. The first-order valence-corrected chi connectivity index (χ1v) is 36.6. The highest BCUT2D eigenvalue weighted by Crippen LogP contribution is 2.36. The summed E-state index contributed by atoms with van der Waals surface area (Å²) in [5.41, 5.74) is 29.4. The highest BCUT2D eigenvalue weighted by atomic mass is 19.1. The van der Waals surface area contributed by atoms with E-state index in [9.17, 15) is 8.78 Å². The maximum atomic E-state index is 14.2. The Kier molecular flexibility index (Phi) is 21.5. The average Bonchev–Trinajstić information content (AvgIpc) is 1.69. The Bertz CT molecular complexity index is 5480. The van der Waals surface area contributed by atoms with Gasteiger partial charge in [-0.15, -0.1) is 0 Å². The lowest BCUT2D eigenvalue weighted by Gasteiger charge is -2.27. The average molecular weight is 1500 g/mol.